The highest BCUT2D eigenvalue weighted by Crippen LogP contribution is 2.07. The van der Waals surface area contributed by atoms with Crippen molar-refractivity contribution in [3.8, 4) is 6.07 Å². The monoisotopic (exact) mass is 283 g/mol. The van der Waals surface area contributed by atoms with Gasteiger partial charge < -0.3 is 15.3 Å². The fraction of sp³-hybridized carbons (Fsp3) is 0.786. The van der Waals surface area contributed by atoms with Crippen LogP contribution in [-0.4, -0.2) is 41.6 Å². The van der Waals surface area contributed by atoms with Gasteiger partial charge in [-0.1, -0.05) is 27.2 Å². The second kappa shape index (κ2) is 10.1. The summed E-state index contributed by atoms with van der Waals surface area (Å²) in [6.07, 6.45) is 1.06. The molecule has 0 spiro atoms. The number of rotatable bonds is 9. The first-order valence-electron chi connectivity index (χ1n) is 7.02. The standard InChI is InChI=1S/C14H25N3O3/c1-4-12(8-13(18)19)9-16-14(20)17(7-5-6-15)10-11(2)3/h11-12H,4-5,7-10H2,1-3H3,(H,16,20)(H,18,19). The Morgan fingerprint density at radius 3 is 2.50 bits per heavy atom. The number of nitrogens with one attached hydrogen (secondary N) is 1. The Hall–Kier alpha value is -1.77. The lowest BCUT2D eigenvalue weighted by Gasteiger charge is -2.25. The molecule has 2 N–H and O–H groups in total. The van der Waals surface area contributed by atoms with Crippen molar-refractivity contribution in [3.05, 3.63) is 0 Å². The van der Waals surface area contributed by atoms with Gasteiger partial charge >= 0.3 is 12.0 Å². The minimum Gasteiger partial charge on any atom is -0.481 e. The zero-order valence-electron chi connectivity index (χ0n) is 12.6. The van der Waals surface area contributed by atoms with Crippen molar-refractivity contribution in [1.82, 2.24) is 10.2 Å². The van der Waals surface area contributed by atoms with Crippen molar-refractivity contribution in [3.63, 3.8) is 0 Å². The molecular formula is C14H25N3O3. The molecule has 1 unspecified atom stereocenters. The molecule has 114 valence electrons. The van der Waals surface area contributed by atoms with E-state index >= 15 is 0 Å². The van der Waals surface area contributed by atoms with Crippen molar-refractivity contribution in [2.24, 2.45) is 11.8 Å². The second-order valence-corrected chi connectivity index (χ2v) is 5.31. The van der Waals surface area contributed by atoms with E-state index in [1.807, 2.05) is 26.8 Å². The average Bonchev–Trinajstić information content (AvgIpc) is 2.38. The molecule has 2 amide bonds. The summed E-state index contributed by atoms with van der Waals surface area (Å²) in [6, 6.07) is 1.80. The second-order valence-electron chi connectivity index (χ2n) is 5.31. The maximum absolute atomic E-state index is 12.0. The van der Waals surface area contributed by atoms with E-state index < -0.39 is 5.97 Å². The van der Waals surface area contributed by atoms with Gasteiger partial charge in [-0.3, -0.25) is 4.79 Å². The highest BCUT2D eigenvalue weighted by molar-refractivity contribution is 5.74. The van der Waals surface area contributed by atoms with Crippen LogP contribution in [0.4, 0.5) is 4.79 Å². The molecule has 0 saturated carbocycles. The van der Waals surface area contributed by atoms with Gasteiger partial charge in [-0.2, -0.15) is 5.26 Å². The number of urea groups is 1. The molecule has 0 aromatic rings. The number of nitriles is 1. The van der Waals surface area contributed by atoms with Gasteiger partial charge in [0, 0.05) is 26.1 Å². The predicted molar refractivity (Wildman–Crippen MR) is 76.1 cm³/mol. The summed E-state index contributed by atoms with van der Waals surface area (Å²) in [6.45, 7) is 7.25. The minimum absolute atomic E-state index is 0.0547. The van der Waals surface area contributed by atoms with Gasteiger partial charge in [0.2, 0.25) is 0 Å². The molecule has 0 rings (SSSR count). The number of hydrogen-bond acceptors (Lipinski definition) is 3. The van der Waals surface area contributed by atoms with Gasteiger partial charge in [0.15, 0.2) is 0 Å². The van der Waals surface area contributed by atoms with Gasteiger partial charge in [0.25, 0.3) is 0 Å². The third-order valence-corrected chi connectivity index (χ3v) is 2.95. The van der Waals surface area contributed by atoms with Crippen LogP contribution in [0.15, 0.2) is 0 Å². The predicted octanol–water partition coefficient (Wildman–Crippen LogP) is 2.07. The fourth-order valence-corrected chi connectivity index (χ4v) is 1.85. The van der Waals surface area contributed by atoms with Crippen LogP contribution in [0.5, 0.6) is 0 Å². The van der Waals surface area contributed by atoms with Crippen molar-refractivity contribution in [2.75, 3.05) is 19.6 Å². The molecule has 6 heteroatoms. The first-order chi connectivity index (χ1) is 9.40. The van der Waals surface area contributed by atoms with E-state index in [1.165, 1.54) is 0 Å². The number of carboxylic acid groups (broad SMARTS) is 1. The number of nitrogens with zero attached hydrogens (tertiary/aromatic N) is 2. The Morgan fingerprint density at radius 1 is 1.40 bits per heavy atom. The highest BCUT2D eigenvalue weighted by Gasteiger charge is 2.17. The summed E-state index contributed by atoms with van der Waals surface area (Å²) >= 11 is 0. The third-order valence-electron chi connectivity index (χ3n) is 2.95. The summed E-state index contributed by atoms with van der Waals surface area (Å²) in [4.78, 5) is 24.3. The molecule has 0 aromatic carbocycles. The van der Waals surface area contributed by atoms with E-state index in [0.717, 1.165) is 0 Å². The van der Waals surface area contributed by atoms with Crippen LogP contribution in [0.25, 0.3) is 0 Å². The molecule has 0 saturated heterocycles. The SMILES string of the molecule is CCC(CNC(=O)N(CCC#N)CC(C)C)CC(=O)O. The Morgan fingerprint density at radius 2 is 2.05 bits per heavy atom. The molecule has 0 bridgehead atoms. The quantitative estimate of drug-likeness (QED) is 0.677. The van der Waals surface area contributed by atoms with E-state index in [0.29, 0.717) is 38.4 Å². The van der Waals surface area contributed by atoms with E-state index in [9.17, 15) is 9.59 Å². The number of hydrogen-bond donors (Lipinski definition) is 2. The van der Waals surface area contributed by atoms with Crippen LogP contribution < -0.4 is 5.32 Å². The van der Waals surface area contributed by atoms with Crippen LogP contribution in [0.1, 0.15) is 40.0 Å². The number of carbonyl (C=O) groups excluding carboxylic acids is 1. The first kappa shape index (κ1) is 18.2. The number of carboxylic acids is 1. The molecular weight excluding hydrogens is 258 g/mol. The van der Waals surface area contributed by atoms with Gasteiger partial charge in [0.05, 0.1) is 12.5 Å². The van der Waals surface area contributed by atoms with Crippen molar-refractivity contribution in [1.29, 1.82) is 5.26 Å². The Bertz CT molecular complexity index is 350. The molecule has 0 aliphatic heterocycles. The highest BCUT2D eigenvalue weighted by atomic mass is 16.4. The minimum atomic E-state index is -0.852. The van der Waals surface area contributed by atoms with Gasteiger partial charge in [-0.15, -0.1) is 0 Å². The smallest absolute Gasteiger partial charge is 0.317 e. The van der Waals surface area contributed by atoms with E-state index in [4.69, 9.17) is 10.4 Å². The lowest BCUT2D eigenvalue weighted by atomic mass is 10.0. The van der Waals surface area contributed by atoms with Crippen LogP contribution in [0.2, 0.25) is 0 Å². The molecule has 0 radical (unpaired) electrons. The Balaban J connectivity index is 4.36. The van der Waals surface area contributed by atoms with Crippen LogP contribution in [0.3, 0.4) is 0 Å². The zero-order valence-corrected chi connectivity index (χ0v) is 12.6. The third kappa shape index (κ3) is 8.35. The van der Waals surface area contributed by atoms with Gasteiger partial charge in [0.1, 0.15) is 0 Å². The van der Waals surface area contributed by atoms with Crippen LogP contribution >= 0.6 is 0 Å². The summed E-state index contributed by atoms with van der Waals surface area (Å²) in [5.41, 5.74) is 0. The van der Waals surface area contributed by atoms with Crippen molar-refractivity contribution in [2.45, 2.75) is 40.0 Å². The van der Waals surface area contributed by atoms with Gasteiger partial charge in [-0.25, -0.2) is 4.79 Å². The van der Waals surface area contributed by atoms with E-state index in [1.54, 1.807) is 4.90 Å². The Labute approximate surface area is 120 Å². The van der Waals surface area contributed by atoms with Gasteiger partial charge in [-0.05, 0) is 11.8 Å². The lowest BCUT2D eigenvalue weighted by Crippen LogP contribution is -2.44. The molecule has 0 aliphatic rings. The number of aliphatic carboxylic acids is 1. The number of amides is 2. The molecule has 0 fully saturated rings. The summed E-state index contributed by atoms with van der Waals surface area (Å²) < 4.78 is 0. The molecule has 6 nitrogen and oxygen atoms in total. The maximum Gasteiger partial charge on any atom is 0.317 e. The normalized spacial score (nSPS) is 11.8. The average molecular weight is 283 g/mol. The maximum atomic E-state index is 12.0. The van der Waals surface area contributed by atoms with Crippen molar-refractivity contribution >= 4 is 12.0 Å². The largest absolute Gasteiger partial charge is 0.481 e. The van der Waals surface area contributed by atoms with E-state index in [-0.39, 0.29) is 18.4 Å². The molecule has 20 heavy (non-hydrogen) atoms. The summed E-state index contributed by atoms with van der Waals surface area (Å²) in [5, 5.41) is 20.1. The van der Waals surface area contributed by atoms with Crippen molar-refractivity contribution < 1.29 is 14.7 Å². The van der Waals surface area contributed by atoms with Crippen LogP contribution in [-0.2, 0) is 4.79 Å². The first-order valence-corrected chi connectivity index (χ1v) is 7.02. The fourth-order valence-electron chi connectivity index (χ4n) is 1.85. The lowest BCUT2D eigenvalue weighted by molar-refractivity contribution is -0.138. The number of carbonyl (C=O) groups is 2. The topological polar surface area (TPSA) is 93.4 Å². The molecule has 0 heterocycles. The molecule has 0 aromatic heterocycles. The van der Waals surface area contributed by atoms with E-state index in [2.05, 4.69) is 5.32 Å². The molecule has 0 aliphatic carbocycles. The molecule has 1 atom stereocenters. The summed E-state index contributed by atoms with van der Waals surface area (Å²) in [7, 11) is 0. The summed E-state index contributed by atoms with van der Waals surface area (Å²) in [5.74, 6) is -0.594. The Kier molecular flexibility index (Phi) is 9.18. The van der Waals surface area contributed by atoms with Crippen LogP contribution in [0, 0.1) is 23.2 Å². The zero-order chi connectivity index (χ0) is 15.5.